The van der Waals surface area contributed by atoms with Gasteiger partial charge in [-0.3, -0.25) is 6.08 Å². The van der Waals surface area contributed by atoms with Gasteiger partial charge in [0.1, 0.15) is 23.1 Å². The summed E-state index contributed by atoms with van der Waals surface area (Å²) in [5.74, 6) is -0.483. The van der Waals surface area contributed by atoms with Gasteiger partial charge in [-0.25, -0.2) is 20.4 Å². The first-order chi connectivity index (χ1) is 16.7. The fourth-order valence-corrected chi connectivity index (χ4v) is 2.47. The SMILES string of the molecule is CC1=[C-]CC=C1.C[C](C)=[Zr+2].Oc1ccc(F)cc1.Oc1ccc(F)cc1.c1ccc2[cH-]ccc2c1. The fourth-order valence-electron chi connectivity index (χ4n) is 2.47. The summed E-state index contributed by atoms with van der Waals surface area (Å²) in [5.41, 5.74) is 1.27. The average molecular weight is 552 g/mol. The van der Waals surface area contributed by atoms with E-state index in [1.54, 1.807) is 24.2 Å². The zero-order valence-corrected chi connectivity index (χ0v) is 22.6. The number of hydrogen-bond donors (Lipinski definition) is 2. The maximum absolute atomic E-state index is 12.0. The van der Waals surface area contributed by atoms with Gasteiger partial charge < -0.3 is 10.2 Å². The Morgan fingerprint density at radius 1 is 0.829 bits per heavy atom. The molecule has 5 rings (SSSR count). The Hall–Kier alpha value is -3.04. The molecule has 0 aromatic heterocycles. The van der Waals surface area contributed by atoms with Crippen LogP contribution in [0, 0.1) is 17.7 Å². The largest absolute Gasteiger partial charge is 0.508 e. The van der Waals surface area contributed by atoms with Crippen molar-refractivity contribution in [2.75, 3.05) is 0 Å². The number of benzene rings is 3. The minimum absolute atomic E-state index is 0.0893. The molecule has 5 heteroatoms. The first-order valence-corrected chi connectivity index (χ1v) is 12.2. The van der Waals surface area contributed by atoms with Gasteiger partial charge in [0.25, 0.3) is 0 Å². The molecule has 0 saturated carbocycles. The Kier molecular flexibility index (Phi) is 14.9. The van der Waals surface area contributed by atoms with Crippen LogP contribution in [0.5, 0.6) is 11.5 Å². The molecule has 1 aliphatic carbocycles. The van der Waals surface area contributed by atoms with E-state index < -0.39 is 0 Å². The van der Waals surface area contributed by atoms with Crippen molar-refractivity contribution in [2.45, 2.75) is 27.2 Å². The van der Waals surface area contributed by atoms with Crippen LogP contribution >= 0.6 is 0 Å². The summed E-state index contributed by atoms with van der Waals surface area (Å²) in [6.45, 7) is 6.31. The number of aromatic hydroxyl groups is 2. The van der Waals surface area contributed by atoms with E-state index in [1.165, 1.54) is 68.1 Å². The molecular formula is C30H30F2O2Zr. The number of phenols is 2. The first-order valence-electron chi connectivity index (χ1n) is 10.9. The van der Waals surface area contributed by atoms with Crippen LogP contribution in [0.1, 0.15) is 27.2 Å². The summed E-state index contributed by atoms with van der Waals surface area (Å²) in [5, 5.41) is 19.8. The van der Waals surface area contributed by atoms with Crippen molar-refractivity contribution in [1.82, 2.24) is 0 Å². The average Bonchev–Trinajstić information content (AvgIpc) is 3.50. The standard InChI is InChI=1S/C9H7.2C6H5FO.C6H7.C3H6.Zr/c1-2-5-9-7-3-6-8(9)4-1;2*7-5-1-3-6(8)4-2-5;1-6-4-2-3-5-6;1-3-2;/h1-7H;2*1-4,8H;2,4H,3H2,1H3;1-2H3;/q-1;;;-1;;+2. The molecule has 0 fully saturated rings. The monoisotopic (exact) mass is 550 g/mol. The van der Waals surface area contributed by atoms with Crippen LogP contribution in [-0.2, 0) is 24.2 Å². The van der Waals surface area contributed by atoms with Gasteiger partial charge in [-0.1, -0.05) is 13.0 Å². The third-order valence-corrected chi connectivity index (χ3v) is 4.07. The van der Waals surface area contributed by atoms with E-state index in [9.17, 15) is 8.78 Å². The topological polar surface area (TPSA) is 40.5 Å². The van der Waals surface area contributed by atoms with Gasteiger partial charge in [0, 0.05) is 0 Å². The minimum atomic E-state index is -0.331. The van der Waals surface area contributed by atoms with E-state index in [1.807, 2.05) is 0 Å². The molecular weight excluding hydrogens is 522 g/mol. The molecule has 0 spiro atoms. The van der Waals surface area contributed by atoms with Gasteiger partial charge in [0.15, 0.2) is 0 Å². The van der Waals surface area contributed by atoms with Crippen LogP contribution in [-0.4, -0.2) is 13.4 Å². The van der Waals surface area contributed by atoms with Crippen molar-refractivity contribution in [3.05, 3.63) is 126 Å². The van der Waals surface area contributed by atoms with Gasteiger partial charge in [-0.2, -0.15) is 23.6 Å². The normalized spacial score (nSPS) is 10.8. The zero-order valence-electron chi connectivity index (χ0n) is 20.2. The van der Waals surface area contributed by atoms with Gasteiger partial charge in [0.05, 0.1) is 0 Å². The van der Waals surface area contributed by atoms with Gasteiger partial charge in [-0.05, 0) is 48.5 Å². The predicted molar refractivity (Wildman–Crippen MR) is 138 cm³/mol. The molecule has 0 saturated heterocycles. The van der Waals surface area contributed by atoms with Crippen molar-refractivity contribution >= 4 is 14.0 Å². The molecule has 180 valence electrons. The van der Waals surface area contributed by atoms with Gasteiger partial charge in [0.2, 0.25) is 0 Å². The maximum Gasteiger partial charge on any atom is 0.123 e. The van der Waals surface area contributed by atoms with Crippen molar-refractivity contribution in [2.24, 2.45) is 0 Å². The number of allylic oxidation sites excluding steroid dienone is 4. The second-order valence-corrected chi connectivity index (χ2v) is 10.0. The molecule has 0 aliphatic heterocycles. The first kappa shape index (κ1) is 30.0. The Morgan fingerprint density at radius 2 is 1.31 bits per heavy atom. The number of phenolic OH excluding ortho intramolecular Hbond substituents is 2. The van der Waals surface area contributed by atoms with E-state index in [4.69, 9.17) is 10.2 Å². The van der Waals surface area contributed by atoms with Crippen LogP contribution in [0.15, 0.2) is 109 Å². The summed E-state index contributed by atoms with van der Waals surface area (Å²) < 4.78 is 25.5. The zero-order chi connectivity index (χ0) is 26.1. The Labute approximate surface area is 221 Å². The number of halogens is 2. The summed E-state index contributed by atoms with van der Waals surface area (Å²) in [4.78, 5) is 0. The molecule has 2 N–H and O–H groups in total. The van der Waals surface area contributed by atoms with E-state index in [-0.39, 0.29) is 23.1 Å². The Balaban J connectivity index is 0.000000224. The summed E-state index contributed by atoms with van der Waals surface area (Å²) in [6, 6.07) is 24.7. The van der Waals surface area contributed by atoms with Crippen molar-refractivity contribution in [3.8, 4) is 11.5 Å². The van der Waals surface area contributed by atoms with Crippen LogP contribution in [0.3, 0.4) is 0 Å². The summed E-state index contributed by atoms with van der Waals surface area (Å²) in [6.07, 6.45) is 8.33. The van der Waals surface area contributed by atoms with Crippen molar-refractivity contribution < 1.29 is 43.2 Å². The maximum atomic E-state index is 12.0. The molecule has 0 unspecified atom stereocenters. The number of hydrogen-bond acceptors (Lipinski definition) is 2. The van der Waals surface area contributed by atoms with Crippen molar-refractivity contribution in [1.29, 1.82) is 0 Å². The minimum Gasteiger partial charge on any atom is -0.508 e. The van der Waals surface area contributed by atoms with Crippen LogP contribution in [0.4, 0.5) is 8.78 Å². The van der Waals surface area contributed by atoms with Gasteiger partial charge >= 0.3 is 41.3 Å². The van der Waals surface area contributed by atoms with Crippen LogP contribution in [0.2, 0.25) is 0 Å². The molecule has 0 heterocycles. The Bertz CT molecular complexity index is 1070. The van der Waals surface area contributed by atoms with Crippen molar-refractivity contribution in [3.63, 3.8) is 0 Å². The second kappa shape index (κ2) is 17.4. The summed E-state index contributed by atoms with van der Waals surface area (Å²) >= 11 is 1.55. The van der Waals surface area contributed by atoms with E-state index >= 15 is 0 Å². The fraction of sp³-hybridized carbons (Fsp3) is 0.133. The second-order valence-electron chi connectivity index (χ2n) is 7.57. The predicted octanol–water partition coefficient (Wildman–Crippen LogP) is 8.06. The molecule has 2 nitrogen and oxygen atoms in total. The Morgan fingerprint density at radius 3 is 1.66 bits per heavy atom. The summed E-state index contributed by atoms with van der Waals surface area (Å²) in [7, 11) is 0. The van der Waals surface area contributed by atoms with E-state index in [2.05, 4.69) is 81.5 Å². The molecule has 4 aromatic rings. The van der Waals surface area contributed by atoms with Crippen LogP contribution < -0.4 is 0 Å². The van der Waals surface area contributed by atoms with E-state index in [0.29, 0.717) is 0 Å². The molecule has 0 atom stereocenters. The third-order valence-electron chi connectivity index (χ3n) is 4.07. The van der Waals surface area contributed by atoms with Crippen LogP contribution in [0.25, 0.3) is 10.8 Å². The molecule has 1 aliphatic rings. The number of fused-ring (bicyclic) bond motifs is 1. The molecule has 4 aromatic carbocycles. The van der Waals surface area contributed by atoms with E-state index in [0.717, 1.165) is 6.42 Å². The molecule has 35 heavy (non-hydrogen) atoms. The quantitative estimate of drug-likeness (QED) is 0.217. The number of rotatable bonds is 0. The molecule has 0 radical (unpaired) electrons. The van der Waals surface area contributed by atoms with Gasteiger partial charge in [-0.15, -0.1) is 36.1 Å². The third kappa shape index (κ3) is 15.5. The molecule has 0 amide bonds. The smallest absolute Gasteiger partial charge is 0.123 e. The molecule has 0 bridgehead atoms.